The van der Waals surface area contributed by atoms with Gasteiger partial charge in [-0.2, -0.15) is 20.3 Å². The van der Waals surface area contributed by atoms with Gasteiger partial charge in [-0.1, -0.05) is 29.8 Å². The highest BCUT2D eigenvalue weighted by atomic mass is 35.5. The quantitative estimate of drug-likeness (QED) is 0.783. The smallest absolute Gasteiger partial charge is 0.269 e. The van der Waals surface area contributed by atoms with Crippen molar-refractivity contribution in [2.24, 2.45) is 15.3 Å². The van der Waals surface area contributed by atoms with Gasteiger partial charge in [0.05, 0.1) is 17.1 Å². The molecule has 1 amide bonds. The summed E-state index contributed by atoms with van der Waals surface area (Å²) in [6.07, 6.45) is 0. The van der Waals surface area contributed by atoms with E-state index in [1.165, 1.54) is 5.01 Å². The number of azo groups is 1. The number of amides is 1. The number of benzene rings is 2. The molecule has 1 heterocycles. The molecule has 2 aromatic rings. The Morgan fingerprint density at radius 1 is 1.09 bits per heavy atom. The van der Waals surface area contributed by atoms with E-state index in [-0.39, 0.29) is 5.91 Å². The minimum Gasteiger partial charge on any atom is -0.269 e. The van der Waals surface area contributed by atoms with Crippen molar-refractivity contribution in [2.45, 2.75) is 13.0 Å². The van der Waals surface area contributed by atoms with Gasteiger partial charge in [0, 0.05) is 5.02 Å². The van der Waals surface area contributed by atoms with Crippen molar-refractivity contribution >= 4 is 34.6 Å². The van der Waals surface area contributed by atoms with Crippen LogP contribution in [0.2, 0.25) is 5.02 Å². The maximum absolute atomic E-state index is 12.4. The van der Waals surface area contributed by atoms with Gasteiger partial charge in [0.1, 0.15) is 0 Å². The molecular weight excluding hydrogens is 300 g/mol. The Bertz CT molecular complexity index is 741. The summed E-state index contributed by atoms with van der Waals surface area (Å²) in [7, 11) is 0. The molecule has 0 aromatic heterocycles. The molecule has 22 heavy (non-hydrogen) atoms. The van der Waals surface area contributed by atoms with Crippen LogP contribution in [-0.2, 0) is 4.79 Å². The van der Waals surface area contributed by atoms with E-state index >= 15 is 0 Å². The third-order valence-electron chi connectivity index (χ3n) is 3.21. The Hall–Kier alpha value is -2.53. The van der Waals surface area contributed by atoms with Crippen LogP contribution in [0.4, 0.5) is 11.4 Å². The molecule has 0 fully saturated rings. The summed E-state index contributed by atoms with van der Waals surface area (Å²) in [5, 5.41) is 14.4. The maximum Gasteiger partial charge on any atom is 0.280 e. The van der Waals surface area contributed by atoms with Crippen molar-refractivity contribution < 1.29 is 4.79 Å². The van der Waals surface area contributed by atoms with Gasteiger partial charge in [-0.05, 0) is 43.3 Å². The third-order valence-corrected chi connectivity index (χ3v) is 3.46. The molecule has 0 bridgehead atoms. The van der Waals surface area contributed by atoms with Gasteiger partial charge >= 0.3 is 0 Å². The lowest BCUT2D eigenvalue weighted by Gasteiger charge is -2.12. The van der Waals surface area contributed by atoms with E-state index in [9.17, 15) is 4.79 Å². The van der Waals surface area contributed by atoms with Crippen molar-refractivity contribution in [3.8, 4) is 0 Å². The van der Waals surface area contributed by atoms with Gasteiger partial charge in [0.15, 0.2) is 6.04 Å². The predicted octanol–water partition coefficient (Wildman–Crippen LogP) is 4.22. The van der Waals surface area contributed by atoms with Crippen LogP contribution in [0.5, 0.6) is 0 Å². The minimum absolute atomic E-state index is 0.223. The molecule has 1 aliphatic heterocycles. The van der Waals surface area contributed by atoms with Crippen LogP contribution < -0.4 is 5.01 Å². The summed E-state index contributed by atoms with van der Waals surface area (Å²) in [4.78, 5) is 12.4. The molecule has 1 unspecified atom stereocenters. The van der Waals surface area contributed by atoms with Crippen LogP contribution in [0.15, 0.2) is 69.9 Å². The van der Waals surface area contributed by atoms with Crippen molar-refractivity contribution in [1.82, 2.24) is 0 Å². The first kappa shape index (κ1) is 14.4. The average Bonchev–Trinajstić information content (AvgIpc) is 2.82. The van der Waals surface area contributed by atoms with E-state index in [1.54, 1.807) is 31.2 Å². The Labute approximate surface area is 132 Å². The minimum atomic E-state index is -0.684. The SMILES string of the molecule is CC1=NN(c2ccc(Cl)cc2)C(=O)C1N=Nc1ccccc1. The van der Waals surface area contributed by atoms with Crippen LogP contribution in [0, 0.1) is 0 Å². The van der Waals surface area contributed by atoms with E-state index in [4.69, 9.17) is 11.6 Å². The molecule has 0 spiro atoms. The van der Waals surface area contributed by atoms with Crippen molar-refractivity contribution in [3.05, 3.63) is 59.6 Å². The lowest BCUT2D eigenvalue weighted by atomic mass is 10.2. The van der Waals surface area contributed by atoms with Gasteiger partial charge in [-0.25, -0.2) is 0 Å². The van der Waals surface area contributed by atoms with Gasteiger partial charge in [-0.15, -0.1) is 0 Å². The summed E-state index contributed by atoms with van der Waals surface area (Å²) >= 11 is 5.86. The number of anilines is 1. The standard InChI is InChI=1S/C16H13ClN4O/c1-11-15(19-18-13-5-3-2-4-6-13)16(22)21(20-11)14-9-7-12(17)8-10-14/h2-10,15H,1H3. The van der Waals surface area contributed by atoms with Gasteiger partial charge in [0.2, 0.25) is 0 Å². The van der Waals surface area contributed by atoms with Crippen LogP contribution in [0.3, 0.4) is 0 Å². The highest BCUT2D eigenvalue weighted by molar-refractivity contribution is 6.30. The van der Waals surface area contributed by atoms with Crippen LogP contribution in [0.25, 0.3) is 0 Å². The molecule has 6 heteroatoms. The number of hydrogen-bond donors (Lipinski definition) is 0. The third kappa shape index (κ3) is 2.89. The summed E-state index contributed by atoms with van der Waals surface area (Å²) in [6.45, 7) is 1.77. The first-order chi connectivity index (χ1) is 10.6. The van der Waals surface area contributed by atoms with E-state index in [1.807, 2.05) is 30.3 Å². The lowest BCUT2D eigenvalue weighted by molar-refractivity contribution is -0.117. The molecule has 0 radical (unpaired) electrons. The summed E-state index contributed by atoms with van der Waals surface area (Å²) in [5.74, 6) is -0.223. The number of rotatable bonds is 3. The fraction of sp³-hybridized carbons (Fsp3) is 0.125. The monoisotopic (exact) mass is 312 g/mol. The molecule has 0 saturated heterocycles. The second-order valence-corrected chi connectivity index (χ2v) is 5.26. The first-order valence-electron chi connectivity index (χ1n) is 6.76. The Morgan fingerprint density at radius 2 is 1.77 bits per heavy atom. The predicted molar refractivity (Wildman–Crippen MR) is 86.8 cm³/mol. The van der Waals surface area contributed by atoms with E-state index in [0.29, 0.717) is 22.1 Å². The van der Waals surface area contributed by atoms with Crippen LogP contribution >= 0.6 is 11.6 Å². The fourth-order valence-electron chi connectivity index (χ4n) is 2.08. The van der Waals surface area contributed by atoms with Gasteiger partial charge in [-0.3, -0.25) is 4.79 Å². The number of carbonyl (C=O) groups excluding carboxylic acids is 1. The number of carbonyl (C=O) groups is 1. The largest absolute Gasteiger partial charge is 0.280 e. The van der Waals surface area contributed by atoms with E-state index in [2.05, 4.69) is 15.3 Å². The topological polar surface area (TPSA) is 57.4 Å². The van der Waals surface area contributed by atoms with Gasteiger partial charge < -0.3 is 0 Å². The zero-order valence-electron chi connectivity index (χ0n) is 11.8. The molecule has 1 aliphatic rings. The number of nitrogens with zero attached hydrogens (tertiary/aromatic N) is 4. The molecule has 1 atom stereocenters. The van der Waals surface area contributed by atoms with Gasteiger partial charge in [0.25, 0.3) is 5.91 Å². The Balaban J connectivity index is 1.81. The molecular formula is C16H13ClN4O. The average molecular weight is 313 g/mol. The molecule has 110 valence electrons. The van der Waals surface area contributed by atoms with E-state index in [0.717, 1.165) is 0 Å². The zero-order chi connectivity index (χ0) is 15.5. The van der Waals surface area contributed by atoms with Crippen LogP contribution in [-0.4, -0.2) is 17.7 Å². The Kier molecular flexibility index (Phi) is 3.98. The zero-order valence-corrected chi connectivity index (χ0v) is 12.6. The van der Waals surface area contributed by atoms with Crippen molar-refractivity contribution in [2.75, 3.05) is 5.01 Å². The molecule has 0 N–H and O–H groups in total. The number of hydrogen-bond acceptors (Lipinski definition) is 4. The first-order valence-corrected chi connectivity index (χ1v) is 7.13. The number of halogens is 1. The summed E-state index contributed by atoms with van der Waals surface area (Å²) in [5.41, 5.74) is 1.97. The lowest BCUT2D eigenvalue weighted by Crippen LogP contribution is -2.29. The summed E-state index contributed by atoms with van der Waals surface area (Å²) in [6, 6.07) is 15.5. The second kappa shape index (κ2) is 6.07. The highest BCUT2D eigenvalue weighted by Gasteiger charge is 2.34. The molecule has 0 saturated carbocycles. The van der Waals surface area contributed by atoms with E-state index < -0.39 is 6.04 Å². The van der Waals surface area contributed by atoms with Crippen LogP contribution in [0.1, 0.15) is 6.92 Å². The molecule has 2 aromatic carbocycles. The normalized spacial score (nSPS) is 18.1. The Morgan fingerprint density at radius 3 is 2.45 bits per heavy atom. The maximum atomic E-state index is 12.4. The number of hydrazone groups is 1. The summed E-state index contributed by atoms with van der Waals surface area (Å²) < 4.78 is 0. The highest BCUT2D eigenvalue weighted by Crippen LogP contribution is 2.24. The van der Waals surface area contributed by atoms with Crippen molar-refractivity contribution in [1.29, 1.82) is 0 Å². The molecule has 0 aliphatic carbocycles. The second-order valence-electron chi connectivity index (χ2n) is 4.82. The molecule has 3 rings (SSSR count). The molecule has 5 nitrogen and oxygen atoms in total. The fourth-order valence-corrected chi connectivity index (χ4v) is 2.20. The van der Waals surface area contributed by atoms with Crippen molar-refractivity contribution in [3.63, 3.8) is 0 Å².